The SMILES string of the molecule is Cc1cc2c(-c3cccc(C(C)(C)C)c3)c3cc4c(cc3c(-c3cccc(C(C)(C)C)c3)c2cc1C)-c1ccc2c3c(ccc-4c13)-c1cc3ccccc3cc1-2. The van der Waals surface area contributed by atoms with Gasteiger partial charge in [0.1, 0.15) is 0 Å². The molecule has 0 aliphatic heterocycles. The van der Waals surface area contributed by atoms with Crippen LogP contribution in [0.15, 0.2) is 133 Å². The van der Waals surface area contributed by atoms with Crippen LogP contribution < -0.4 is 0 Å². The van der Waals surface area contributed by atoms with Crippen LogP contribution in [0.5, 0.6) is 0 Å². The maximum absolute atomic E-state index is 2.56. The first kappa shape index (κ1) is 33.4. The van der Waals surface area contributed by atoms with E-state index < -0.39 is 0 Å². The van der Waals surface area contributed by atoms with Crippen molar-refractivity contribution in [2.45, 2.75) is 66.2 Å². The first-order valence-corrected chi connectivity index (χ1v) is 20.3. The van der Waals surface area contributed by atoms with Crippen molar-refractivity contribution in [3.05, 3.63) is 156 Å². The fourth-order valence-electron chi connectivity index (χ4n) is 9.96. The van der Waals surface area contributed by atoms with Crippen molar-refractivity contribution in [3.63, 3.8) is 0 Å². The summed E-state index contributed by atoms with van der Waals surface area (Å²) in [5.74, 6) is 0. The van der Waals surface area contributed by atoms with Crippen molar-refractivity contribution in [3.8, 4) is 66.8 Å². The van der Waals surface area contributed by atoms with Crippen LogP contribution in [0.1, 0.15) is 63.8 Å². The quantitative estimate of drug-likeness (QED) is 0.156. The molecule has 0 unspecified atom stereocenters. The van der Waals surface area contributed by atoms with Crippen molar-refractivity contribution in [2.75, 3.05) is 0 Å². The highest BCUT2D eigenvalue weighted by Crippen LogP contribution is 2.58. The molecule has 56 heavy (non-hydrogen) atoms. The molecule has 0 heteroatoms. The predicted molar refractivity (Wildman–Crippen MR) is 243 cm³/mol. The summed E-state index contributed by atoms with van der Waals surface area (Å²) in [5.41, 5.74) is 21.4. The third-order valence-electron chi connectivity index (χ3n) is 13.1. The molecule has 270 valence electrons. The van der Waals surface area contributed by atoms with E-state index in [4.69, 9.17) is 0 Å². The Bertz CT molecular complexity index is 3000. The Labute approximate surface area is 330 Å². The highest BCUT2D eigenvalue weighted by Gasteiger charge is 2.31. The number of fused-ring (bicyclic) bond motifs is 9. The second kappa shape index (κ2) is 11.3. The van der Waals surface area contributed by atoms with Gasteiger partial charge in [-0.05, 0) is 181 Å². The lowest BCUT2D eigenvalue weighted by Crippen LogP contribution is -2.11. The van der Waals surface area contributed by atoms with E-state index in [1.807, 2.05) is 0 Å². The smallest absolute Gasteiger partial charge is 0.00139 e. The van der Waals surface area contributed by atoms with Gasteiger partial charge in [0.2, 0.25) is 0 Å². The molecule has 0 amide bonds. The number of hydrogen-bond acceptors (Lipinski definition) is 0. The van der Waals surface area contributed by atoms with E-state index in [1.54, 1.807) is 0 Å². The Morgan fingerprint density at radius 3 is 1.05 bits per heavy atom. The molecule has 0 bridgehead atoms. The van der Waals surface area contributed by atoms with Crippen LogP contribution in [0.4, 0.5) is 0 Å². The molecule has 0 radical (unpaired) electrons. The van der Waals surface area contributed by atoms with E-state index in [9.17, 15) is 0 Å². The van der Waals surface area contributed by atoms with E-state index >= 15 is 0 Å². The van der Waals surface area contributed by atoms with Gasteiger partial charge in [-0.2, -0.15) is 0 Å². The van der Waals surface area contributed by atoms with E-state index in [2.05, 4.69) is 189 Å². The average molecular weight is 719 g/mol. The van der Waals surface area contributed by atoms with Crippen molar-refractivity contribution in [1.29, 1.82) is 0 Å². The Morgan fingerprint density at radius 2 is 0.679 bits per heavy atom. The van der Waals surface area contributed by atoms with E-state index in [1.165, 1.54) is 132 Å². The number of hydrogen-bond donors (Lipinski definition) is 0. The molecule has 0 heterocycles. The standard InChI is InChI=1S/C56H46/c1-31-23-47-48(24-32(31)2)52(36-16-12-18-38(26-36)56(6,7)8)50-30-46-42-22-20-40-44-28-34-14-10-9-13-33(34)27-43(44)39-19-21-41(54(42)53(39)40)45(46)29-49(50)51(47)35-15-11-17-37(25-35)55(3,4)5/h9-30H,1-8H3. The van der Waals surface area contributed by atoms with Gasteiger partial charge in [-0.15, -0.1) is 0 Å². The molecule has 0 fully saturated rings. The molecule has 0 N–H and O–H groups in total. The number of rotatable bonds is 2. The molecule has 9 aromatic rings. The highest BCUT2D eigenvalue weighted by atomic mass is 14.3. The topological polar surface area (TPSA) is 0 Å². The molecule has 2 aliphatic rings. The zero-order chi connectivity index (χ0) is 38.4. The minimum atomic E-state index is 0.0328. The lowest BCUT2D eigenvalue weighted by Gasteiger charge is -2.24. The number of aryl methyl sites for hydroxylation is 2. The molecule has 2 aliphatic carbocycles. The van der Waals surface area contributed by atoms with Crippen molar-refractivity contribution in [2.24, 2.45) is 0 Å². The monoisotopic (exact) mass is 718 g/mol. The molecule has 0 saturated heterocycles. The van der Waals surface area contributed by atoms with E-state index in [0.717, 1.165) is 0 Å². The van der Waals surface area contributed by atoms with E-state index in [0.29, 0.717) is 0 Å². The molecule has 0 spiro atoms. The van der Waals surface area contributed by atoms with Gasteiger partial charge in [0.05, 0.1) is 0 Å². The van der Waals surface area contributed by atoms with Gasteiger partial charge < -0.3 is 0 Å². The minimum Gasteiger partial charge on any atom is -0.0616 e. The van der Waals surface area contributed by atoms with Gasteiger partial charge in [0, 0.05) is 0 Å². The van der Waals surface area contributed by atoms with Crippen LogP contribution >= 0.6 is 0 Å². The van der Waals surface area contributed by atoms with Crippen molar-refractivity contribution < 1.29 is 0 Å². The van der Waals surface area contributed by atoms with Crippen molar-refractivity contribution >= 4 is 43.1 Å². The minimum absolute atomic E-state index is 0.0328. The highest BCUT2D eigenvalue weighted by molar-refractivity contribution is 6.30. The first-order chi connectivity index (χ1) is 26.8. The molecule has 0 atom stereocenters. The molecule has 0 nitrogen and oxygen atoms in total. The van der Waals surface area contributed by atoms with Gasteiger partial charge >= 0.3 is 0 Å². The normalized spacial score (nSPS) is 13.0. The number of benzene rings is 9. The summed E-state index contributed by atoms with van der Waals surface area (Å²) < 4.78 is 0. The third kappa shape index (κ3) is 4.65. The molecule has 0 saturated carbocycles. The maximum atomic E-state index is 2.56. The van der Waals surface area contributed by atoms with Gasteiger partial charge in [-0.25, -0.2) is 0 Å². The van der Waals surface area contributed by atoms with Crippen LogP contribution in [0.25, 0.3) is 110 Å². The van der Waals surface area contributed by atoms with Crippen LogP contribution in [-0.4, -0.2) is 0 Å². The van der Waals surface area contributed by atoms with Crippen molar-refractivity contribution in [1.82, 2.24) is 0 Å². The van der Waals surface area contributed by atoms with E-state index in [-0.39, 0.29) is 10.8 Å². The summed E-state index contributed by atoms with van der Waals surface area (Å²) >= 11 is 0. The maximum Gasteiger partial charge on any atom is -0.00139 e. The summed E-state index contributed by atoms with van der Waals surface area (Å²) in [6.45, 7) is 18.5. The Balaban J connectivity index is 1.28. The predicted octanol–water partition coefficient (Wildman–Crippen LogP) is 16.1. The van der Waals surface area contributed by atoms with Gasteiger partial charge in [-0.1, -0.05) is 151 Å². The zero-order valence-corrected chi connectivity index (χ0v) is 33.7. The summed E-state index contributed by atoms with van der Waals surface area (Å²) in [7, 11) is 0. The second-order valence-corrected chi connectivity index (χ2v) is 18.7. The van der Waals surface area contributed by atoms with Crippen LogP contribution in [0.3, 0.4) is 0 Å². The Kier molecular flexibility index (Phi) is 6.73. The van der Waals surface area contributed by atoms with Gasteiger partial charge in [0.15, 0.2) is 0 Å². The summed E-state index contributed by atoms with van der Waals surface area (Å²) in [6.07, 6.45) is 0. The lowest BCUT2D eigenvalue weighted by atomic mass is 9.80. The largest absolute Gasteiger partial charge is 0.0616 e. The fourth-order valence-corrected chi connectivity index (χ4v) is 9.96. The molecular formula is C56H46. The third-order valence-corrected chi connectivity index (χ3v) is 13.1. The second-order valence-electron chi connectivity index (χ2n) is 18.7. The summed E-state index contributed by atoms with van der Waals surface area (Å²) in [4.78, 5) is 0. The van der Waals surface area contributed by atoms with Crippen LogP contribution in [0, 0.1) is 13.8 Å². The Hall–Kier alpha value is -5.98. The molecule has 0 aromatic heterocycles. The van der Waals surface area contributed by atoms with Crippen LogP contribution in [0.2, 0.25) is 0 Å². The Morgan fingerprint density at radius 1 is 0.321 bits per heavy atom. The molecule has 11 rings (SSSR count). The fraction of sp³-hybridized carbons (Fsp3) is 0.179. The summed E-state index contributed by atoms with van der Waals surface area (Å²) in [6, 6.07) is 51.9. The average Bonchev–Trinajstić information content (AvgIpc) is 3.66. The van der Waals surface area contributed by atoms with Gasteiger partial charge in [-0.3, -0.25) is 0 Å². The molecular weight excluding hydrogens is 673 g/mol. The zero-order valence-electron chi connectivity index (χ0n) is 33.7. The first-order valence-electron chi connectivity index (χ1n) is 20.3. The summed E-state index contributed by atoms with van der Waals surface area (Å²) in [5, 5.41) is 10.7. The molecule has 9 aromatic carbocycles. The van der Waals surface area contributed by atoms with Crippen LogP contribution in [-0.2, 0) is 10.8 Å². The van der Waals surface area contributed by atoms with Gasteiger partial charge in [0.25, 0.3) is 0 Å². The lowest BCUT2D eigenvalue weighted by molar-refractivity contribution is 0.590.